The molecule has 118 valence electrons. The molecule has 2 aliphatic carbocycles. The van der Waals surface area contributed by atoms with Gasteiger partial charge in [0, 0.05) is 18.6 Å². The lowest BCUT2D eigenvalue weighted by Crippen LogP contribution is -2.57. The molecule has 0 aromatic carbocycles. The Morgan fingerprint density at radius 1 is 1.19 bits per heavy atom. The Balaban J connectivity index is 1.58. The van der Waals surface area contributed by atoms with Crippen LogP contribution in [0.15, 0.2) is 0 Å². The van der Waals surface area contributed by atoms with E-state index in [0.29, 0.717) is 18.0 Å². The van der Waals surface area contributed by atoms with Crippen LogP contribution in [-0.4, -0.2) is 60.6 Å². The van der Waals surface area contributed by atoms with Crippen LogP contribution in [0.2, 0.25) is 0 Å². The number of nitrogens with zero attached hydrogens (tertiary/aromatic N) is 3. The van der Waals surface area contributed by atoms with Crippen molar-refractivity contribution in [3.8, 4) is 6.07 Å². The molecule has 1 unspecified atom stereocenters. The van der Waals surface area contributed by atoms with Gasteiger partial charge in [0.1, 0.15) is 5.54 Å². The van der Waals surface area contributed by atoms with Gasteiger partial charge in [-0.15, -0.1) is 0 Å². The fraction of sp³-hybridized carbons (Fsp3) is 0.941. The Labute approximate surface area is 129 Å². The average molecular weight is 290 g/mol. The lowest BCUT2D eigenvalue weighted by Gasteiger charge is -2.40. The van der Waals surface area contributed by atoms with Crippen LogP contribution in [0.4, 0.5) is 0 Å². The lowest BCUT2D eigenvalue weighted by atomic mass is 9.92. The molecule has 3 aliphatic rings. The molecule has 3 rings (SSSR count). The van der Waals surface area contributed by atoms with E-state index in [1.165, 1.54) is 58.2 Å². The van der Waals surface area contributed by atoms with Crippen LogP contribution >= 0.6 is 0 Å². The first kappa shape index (κ1) is 15.3. The molecule has 1 atom stereocenters. The molecule has 0 aromatic heterocycles. The second-order valence-electron chi connectivity index (χ2n) is 7.36. The molecule has 4 heteroatoms. The van der Waals surface area contributed by atoms with E-state index in [4.69, 9.17) is 0 Å². The zero-order valence-corrected chi connectivity index (χ0v) is 13.6. The fourth-order valence-electron chi connectivity index (χ4n) is 3.82. The van der Waals surface area contributed by atoms with Crippen LogP contribution in [0.25, 0.3) is 0 Å². The summed E-state index contributed by atoms with van der Waals surface area (Å²) in [6, 6.07) is 3.94. The zero-order valence-electron chi connectivity index (χ0n) is 13.6. The van der Waals surface area contributed by atoms with Gasteiger partial charge in [-0.1, -0.05) is 6.92 Å². The van der Waals surface area contributed by atoms with Crippen molar-refractivity contribution in [2.45, 2.75) is 63.1 Å². The SMILES string of the molecule is CCN1CCC(N(C)CC(C#N)(NC2CC2)C2CC2)CC1. The summed E-state index contributed by atoms with van der Waals surface area (Å²) in [5.41, 5.74) is -0.280. The summed E-state index contributed by atoms with van der Waals surface area (Å²) in [5.74, 6) is 0.585. The smallest absolute Gasteiger partial charge is 0.122 e. The van der Waals surface area contributed by atoms with E-state index in [0.717, 1.165) is 6.54 Å². The van der Waals surface area contributed by atoms with Gasteiger partial charge in [0.15, 0.2) is 0 Å². The van der Waals surface area contributed by atoms with E-state index < -0.39 is 0 Å². The standard InChI is InChI=1S/C17H30N4/c1-3-21-10-8-16(9-11-21)20(2)13-17(12-18,14-4-5-14)19-15-6-7-15/h14-16,19H,3-11,13H2,1-2H3. The first-order chi connectivity index (χ1) is 10.2. The molecular formula is C17H30N4. The first-order valence-electron chi connectivity index (χ1n) is 8.78. The molecule has 3 fully saturated rings. The molecule has 0 aromatic rings. The quantitative estimate of drug-likeness (QED) is 0.777. The normalized spacial score (nSPS) is 27.5. The van der Waals surface area contributed by atoms with Gasteiger partial charge < -0.3 is 9.80 Å². The van der Waals surface area contributed by atoms with Crippen LogP contribution < -0.4 is 5.32 Å². The van der Waals surface area contributed by atoms with E-state index in [9.17, 15) is 5.26 Å². The molecule has 0 radical (unpaired) electrons. The van der Waals surface area contributed by atoms with Gasteiger partial charge in [-0.3, -0.25) is 5.32 Å². The van der Waals surface area contributed by atoms with Crippen LogP contribution in [0.5, 0.6) is 0 Å². The second-order valence-corrected chi connectivity index (χ2v) is 7.36. The predicted molar refractivity (Wildman–Crippen MR) is 85.0 cm³/mol. The number of rotatable bonds is 7. The minimum Gasteiger partial charge on any atom is -0.303 e. The van der Waals surface area contributed by atoms with Crippen LogP contribution in [0.1, 0.15) is 45.4 Å². The highest BCUT2D eigenvalue weighted by Gasteiger charge is 2.49. The molecule has 1 N–H and O–H groups in total. The maximum atomic E-state index is 9.84. The van der Waals surface area contributed by atoms with E-state index in [2.05, 4.69) is 35.2 Å². The molecule has 1 saturated heterocycles. The van der Waals surface area contributed by atoms with Crippen molar-refractivity contribution in [3.05, 3.63) is 0 Å². The number of hydrogen-bond donors (Lipinski definition) is 1. The molecular weight excluding hydrogens is 260 g/mol. The lowest BCUT2D eigenvalue weighted by molar-refractivity contribution is 0.108. The molecule has 4 nitrogen and oxygen atoms in total. The number of likely N-dealkylation sites (N-methyl/N-ethyl adjacent to an activating group) is 1. The summed E-state index contributed by atoms with van der Waals surface area (Å²) in [6.07, 6.45) is 7.48. The second kappa shape index (κ2) is 6.24. The summed E-state index contributed by atoms with van der Waals surface area (Å²) in [4.78, 5) is 5.01. The minimum absolute atomic E-state index is 0.280. The Morgan fingerprint density at radius 3 is 2.33 bits per heavy atom. The highest BCUT2D eigenvalue weighted by Crippen LogP contribution is 2.42. The number of likely N-dealkylation sites (tertiary alicyclic amines) is 1. The van der Waals surface area contributed by atoms with Crippen molar-refractivity contribution in [1.29, 1.82) is 5.26 Å². The molecule has 0 spiro atoms. The molecule has 2 saturated carbocycles. The average Bonchev–Trinajstić information content (AvgIpc) is 3.39. The highest BCUT2D eigenvalue weighted by atomic mass is 15.2. The molecule has 1 heterocycles. The summed E-state index contributed by atoms with van der Waals surface area (Å²) < 4.78 is 0. The number of hydrogen-bond acceptors (Lipinski definition) is 4. The van der Waals surface area contributed by atoms with Crippen molar-refractivity contribution in [2.75, 3.05) is 33.2 Å². The third-order valence-corrected chi connectivity index (χ3v) is 5.64. The zero-order chi connectivity index (χ0) is 14.9. The van der Waals surface area contributed by atoms with E-state index >= 15 is 0 Å². The van der Waals surface area contributed by atoms with Crippen LogP contribution in [0.3, 0.4) is 0 Å². The summed E-state index contributed by atoms with van der Waals surface area (Å²) in [7, 11) is 2.23. The predicted octanol–water partition coefficient (Wildman–Crippen LogP) is 1.83. The summed E-state index contributed by atoms with van der Waals surface area (Å²) in [5, 5.41) is 13.5. The Morgan fingerprint density at radius 2 is 1.86 bits per heavy atom. The maximum absolute atomic E-state index is 9.84. The molecule has 21 heavy (non-hydrogen) atoms. The van der Waals surface area contributed by atoms with Crippen molar-refractivity contribution in [2.24, 2.45) is 5.92 Å². The fourth-order valence-corrected chi connectivity index (χ4v) is 3.82. The maximum Gasteiger partial charge on any atom is 0.122 e. The van der Waals surface area contributed by atoms with E-state index in [1.54, 1.807) is 0 Å². The van der Waals surface area contributed by atoms with Crippen molar-refractivity contribution >= 4 is 0 Å². The van der Waals surface area contributed by atoms with E-state index in [-0.39, 0.29) is 5.54 Å². The minimum atomic E-state index is -0.280. The Kier molecular flexibility index (Phi) is 4.54. The topological polar surface area (TPSA) is 42.3 Å². The van der Waals surface area contributed by atoms with Crippen molar-refractivity contribution < 1.29 is 0 Å². The third-order valence-electron chi connectivity index (χ3n) is 5.64. The molecule has 0 bridgehead atoms. The number of nitriles is 1. The van der Waals surface area contributed by atoms with Gasteiger partial charge in [0.25, 0.3) is 0 Å². The van der Waals surface area contributed by atoms with Gasteiger partial charge in [-0.05, 0) is 71.1 Å². The van der Waals surface area contributed by atoms with Gasteiger partial charge >= 0.3 is 0 Å². The third kappa shape index (κ3) is 3.59. The summed E-state index contributed by atoms with van der Waals surface area (Å²) >= 11 is 0. The monoisotopic (exact) mass is 290 g/mol. The first-order valence-corrected chi connectivity index (χ1v) is 8.78. The van der Waals surface area contributed by atoms with Crippen LogP contribution in [0, 0.1) is 17.2 Å². The van der Waals surface area contributed by atoms with Gasteiger partial charge in [0.2, 0.25) is 0 Å². The summed E-state index contributed by atoms with van der Waals surface area (Å²) in [6.45, 7) is 6.75. The van der Waals surface area contributed by atoms with Gasteiger partial charge in [-0.25, -0.2) is 0 Å². The molecule has 0 amide bonds. The largest absolute Gasteiger partial charge is 0.303 e. The molecule has 1 aliphatic heterocycles. The van der Waals surface area contributed by atoms with Gasteiger partial charge in [-0.2, -0.15) is 5.26 Å². The van der Waals surface area contributed by atoms with E-state index in [1.807, 2.05) is 0 Å². The Hall–Kier alpha value is -0.630. The van der Waals surface area contributed by atoms with Crippen molar-refractivity contribution in [1.82, 2.24) is 15.1 Å². The number of nitrogens with one attached hydrogen (secondary N) is 1. The van der Waals surface area contributed by atoms with Crippen molar-refractivity contribution in [3.63, 3.8) is 0 Å². The van der Waals surface area contributed by atoms with Crippen LogP contribution in [-0.2, 0) is 0 Å². The Bertz CT molecular complexity index is 388. The highest BCUT2D eigenvalue weighted by molar-refractivity contribution is 5.18. The van der Waals surface area contributed by atoms with Gasteiger partial charge in [0.05, 0.1) is 6.07 Å². The number of piperidine rings is 1.